The van der Waals surface area contributed by atoms with E-state index in [0.717, 1.165) is 35.5 Å². The molecule has 0 atom stereocenters. The van der Waals surface area contributed by atoms with Crippen molar-refractivity contribution in [1.82, 2.24) is 14.9 Å². The molecule has 37 heavy (non-hydrogen) atoms. The summed E-state index contributed by atoms with van der Waals surface area (Å²) in [6.45, 7) is 7.28. The van der Waals surface area contributed by atoms with E-state index in [-0.39, 0.29) is 17.9 Å². The SMILES string of the molecule is C[N+]#Cc1ccc(C2CCN(C(=O)c3ccc(C)c(NC(=O)c4ccc(NC(C)C)nc4)c3)CC2)nc1. The number of nitrogens with zero attached hydrogens (tertiary/aromatic N) is 4. The zero-order chi connectivity index (χ0) is 26.4. The maximum atomic E-state index is 13.3. The van der Waals surface area contributed by atoms with Crippen LogP contribution >= 0.6 is 0 Å². The minimum atomic E-state index is -0.265. The van der Waals surface area contributed by atoms with E-state index in [1.807, 2.05) is 49.9 Å². The standard InChI is InChI=1S/C29H32N6O2/c1-19(2)33-27-10-8-24(18-32-27)28(36)34-26-15-23(7-5-20(26)3)29(37)35-13-11-22(12-14-35)25-9-6-21(16-30-4)17-31-25/h5-10,15,17-19,22H,11-14H2,1-4H3,(H-,32,33,34,36)/p+1. The number of benzene rings is 1. The summed E-state index contributed by atoms with van der Waals surface area (Å²) in [7, 11) is 1.69. The number of anilines is 2. The highest BCUT2D eigenvalue weighted by molar-refractivity contribution is 6.05. The van der Waals surface area contributed by atoms with Gasteiger partial charge in [-0.1, -0.05) is 10.9 Å². The van der Waals surface area contributed by atoms with Crippen molar-refractivity contribution in [3.8, 4) is 6.07 Å². The van der Waals surface area contributed by atoms with Gasteiger partial charge in [0.05, 0.1) is 5.56 Å². The maximum absolute atomic E-state index is 13.3. The number of carbonyl (C=O) groups is 2. The molecule has 3 aromatic rings. The van der Waals surface area contributed by atoms with Crippen molar-refractivity contribution in [2.45, 2.75) is 45.6 Å². The van der Waals surface area contributed by atoms with Crippen molar-refractivity contribution < 1.29 is 9.59 Å². The van der Waals surface area contributed by atoms with E-state index < -0.39 is 0 Å². The molecule has 2 N–H and O–H groups in total. The molecule has 0 spiro atoms. The first-order valence-corrected chi connectivity index (χ1v) is 12.6. The van der Waals surface area contributed by atoms with E-state index in [2.05, 4.69) is 31.5 Å². The lowest BCUT2D eigenvalue weighted by molar-refractivity contribution is 0.0712. The van der Waals surface area contributed by atoms with E-state index in [1.165, 1.54) is 0 Å². The van der Waals surface area contributed by atoms with Crippen LogP contribution in [0.25, 0.3) is 4.85 Å². The number of aromatic nitrogens is 2. The lowest BCUT2D eigenvalue weighted by atomic mass is 9.92. The number of rotatable bonds is 6. The predicted molar refractivity (Wildman–Crippen MR) is 147 cm³/mol. The molecule has 2 amide bonds. The van der Waals surface area contributed by atoms with Gasteiger partial charge in [0.15, 0.2) is 0 Å². The van der Waals surface area contributed by atoms with Gasteiger partial charge in [0.25, 0.3) is 18.9 Å². The Labute approximate surface area is 218 Å². The fourth-order valence-electron chi connectivity index (χ4n) is 4.40. The second-order valence-electron chi connectivity index (χ2n) is 9.59. The largest absolute Gasteiger partial charge is 0.368 e. The highest BCUT2D eigenvalue weighted by atomic mass is 16.2. The predicted octanol–water partition coefficient (Wildman–Crippen LogP) is 5.19. The monoisotopic (exact) mass is 497 g/mol. The third-order valence-electron chi connectivity index (χ3n) is 6.42. The summed E-state index contributed by atoms with van der Waals surface area (Å²) in [6, 6.07) is 16.1. The molecule has 2 aromatic heterocycles. The highest BCUT2D eigenvalue weighted by Crippen LogP contribution is 2.28. The fraction of sp³-hybridized carbons (Fsp3) is 0.345. The number of nitrogens with one attached hydrogen (secondary N) is 2. The quantitative estimate of drug-likeness (QED) is 0.489. The Hall–Kier alpha value is -4.25. The van der Waals surface area contributed by atoms with Crippen molar-refractivity contribution >= 4 is 23.3 Å². The second-order valence-corrected chi connectivity index (χ2v) is 9.59. The molecule has 190 valence electrons. The third-order valence-corrected chi connectivity index (χ3v) is 6.42. The van der Waals surface area contributed by atoms with E-state index >= 15 is 0 Å². The van der Waals surface area contributed by atoms with Gasteiger partial charge in [-0.05, 0) is 75.6 Å². The average molecular weight is 498 g/mol. The minimum Gasteiger partial charge on any atom is -0.368 e. The zero-order valence-corrected chi connectivity index (χ0v) is 21.8. The van der Waals surface area contributed by atoms with Crippen molar-refractivity contribution in [2.24, 2.45) is 0 Å². The molecule has 1 aromatic carbocycles. The Balaban J connectivity index is 1.38. The van der Waals surface area contributed by atoms with Crippen molar-refractivity contribution in [3.05, 3.63) is 87.7 Å². The number of hydrogen-bond donors (Lipinski definition) is 2. The lowest BCUT2D eigenvalue weighted by Crippen LogP contribution is -2.38. The van der Waals surface area contributed by atoms with Crippen molar-refractivity contribution in [2.75, 3.05) is 30.8 Å². The molecule has 8 nitrogen and oxygen atoms in total. The van der Waals surface area contributed by atoms with E-state index in [0.29, 0.717) is 35.8 Å². The van der Waals surface area contributed by atoms with Gasteiger partial charge in [0.2, 0.25) is 0 Å². The summed E-state index contributed by atoms with van der Waals surface area (Å²) < 4.78 is 0. The first-order chi connectivity index (χ1) is 17.8. The van der Waals surface area contributed by atoms with E-state index in [1.54, 1.807) is 37.6 Å². The highest BCUT2D eigenvalue weighted by Gasteiger charge is 2.26. The molecule has 1 saturated heterocycles. The molecule has 0 bridgehead atoms. The van der Waals surface area contributed by atoms with Gasteiger partial charge in [0.1, 0.15) is 11.4 Å². The van der Waals surface area contributed by atoms with Crippen LogP contribution in [-0.2, 0) is 0 Å². The van der Waals surface area contributed by atoms with Gasteiger partial charge in [-0.3, -0.25) is 14.6 Å². The maximum Gasteiger partial charge on any atom is 0.312 e. The summed E-state index contributed by atoms with van der Waals surface area (Å²) in [5.41, 5.74) is 4.41. The molecular weight excluding hydrogens is 464 g/mol. The molecule has 1 fully saturated rings. The average Bonchev–Trinajstić information content (AvgIpc) is 2.90. The molecule has 1 aliphatic heterocycles. The van der Waals surface area contributed by atoms with Crippen LogP contribution in [0.4, 0.5) is 11.5 Å². The first-order valence-electron chi connectivity index (χ1n) is 12.6. The molecule has 1 aliphatic rings. The zero-order valence-electron chi connectivity index (χ0n) is 21.8. The summed E-state index contributed by atoms with van der Waals surface area (Å²) in [5, 5.41) is 6.14. The number of aryl methyl sites for hydroxylation is 1. The van der Waals surface area contributed by atoms with Crippen LogP contribution in [0.5, 0.6) is 0 Å². The normalized spacial score (nSPS) is 13.6. The van der Waals surface area contributed by atoms with Crippen LogP contribution in [0.15, 0.2) is 54.9 Å². The molecule has 0 unspecified atom stereocenters. The van der Waals surface area contributed by atoms with Gasteiger partial charge in [-0.25, -0.2) is 4.98 Å². The Morgan fingerprint density at radius 1 is 1.03 bits per heavy atom. The Morgan fingerprint density at radius 2 is 1.78 bits per heavy atom. The van der Waals surface area contributed by atoms with Crippen LogP contribution in [0.3, 0.4) is 0 Å². The Morgan fingerprint density at radius 3 is 2.41 bits per heavy atom. The Kier molecular flexibility index (Phi) is 8.14. The summed E-state index contributed by atoms with van der Waals surface area (Å²) in [6.07, 6.45) is 5.04. The van der Waals surface area contributed by atoms with Crippen molar-refractivity contribution in [1.29, 1.82) is 0 Å². The smallest absolute Gasteiger partial charge is 0.312 e. The Bertz CT molecular complexity index is 1320. The second kappa shape index (κ2) is 11.7. The van der Waals surface area contributed by atoms with Gasteiger partial charge >= 0.3 is 6.07 Å². The van der Waals surface area contributed by atoms with Crippen LogP contribution in [-0.4, -0.2) is 52.9 Å². The number of carbonyl (C=O) groups excluding carboxylic acids is 2. The summed E-state index contributed by atoms with van der Waals surface area (Å²) in [5.74, 6) is 0.742. The van der Waals surface area contributed by atoms with Gasteiger partial charge in [-0.2, -0.15) is 0 Å². The molecular formula is C29H33N6O2+. The lowest BCUT2D eigenvalue weighted by Gasteiger charge is -2.32. The van der Waals surface area contributed by atoms with Crippen LogP contribution in [0, 0.1) is 13.0 Å². The number of hydrogen-bond acceptors (Lipinski definition) is 5. The topological polar surface area (TPSA) is 91.6 Å². The number of piperidine rings is 1. The summed E-state index contributed by atoms with van der Waals surface area (Å²) in [4.78, 5) is 40.7. The van der Waals surface area contributed by atoms with E-state index in [4.69, 9.17) is 0 Å². The van der Waals surface area contributed by atoms with Gasteiger partial charge in [0, 0.05) is 54.4 Å². The summed E-state index contributed by atoms with van der Waals surface area (Å²) >= 11 is 0. The molecule has 8 heteroatoms. The third kappa shape index (κ3) is 6.50. The molecule has 3 heterocycles. The van der Waals surface area contributed by atoms with Crippen molar-refractivity contribution in [3.63, 3.8) is 0 Å². The molecule has 0 saturated carbocycles. The van der Waals surface area contributed by atoms with Gasteiger partial charge in [-0.15, -0.1) is 0 Å². The van der Waals surface area contributed by atoms with Gasteiger partial charge < -0.3 is 15.5 Å². The van der Waals surface area contributed by atoms with Crippen LogP contribution in [0.2, 0.25) is 0 Å². The number of likely N-dealkylation sites (tertiary alicyclic amines) is 1. The molecule has 0 radical (unpaired) electrons. The van der Waals surface area contributed by atoms with E-state index in [9.17, 15) is 9.59 Å². The minimum absolute atomic E-state index is 0.0307. The molecule has 0 aliphatic carbocycles. The van der Waals surface area contributed by atoms with Crippen LogP contribution < -0.4 is 10.6 Å². The fourth-order valence-corrected chi connectivity index (χ4v) is 4.40. The number of pyridine rings is 2. The first kappa shape index (κ1) is 25.8. The molecule has 4 rings (SSSR count). The number of amides is 2. The van der Waals surface area contributed by atoms with Crippen LogP contribution in [0.1, 0.15) is 70.1 Å².